The number of amides is 1. The first-order valence-corrected chi connectivity index (χ1v) is 7.18. The Morgan fingerprint density at radius 1 is 1.39 bits per heavy atom. The minimum atomic E-state index is -0.0516. The minimum Gasteiger partial charge on any atom is -0.273 e. The van der Waals surface area contributed by atoms with Crippen LogP contribution in [-0.4, -0.2) is 17.4 Å². The van der Waals surface area contributed by atoms with Crippen molar-refractivity contribution in [3.63, 3.8) is 0 Å². The van der Waals surface area contributed by atoms with E-state index in [9.17, 15) is 4.79 Å². The number of halogens is 1. The Morgan fingerprint density at radius 2 is 2.06 bits per heavy atom. The van der Waals surface area contributed by atoms with E-state index in [2.05, 4.69) is 10.5 Å². The minimum absolute atomic E-state index is 0.0516. The number of nitrogens with one attached hydrogen (secondary N) is 1. The molecule has 0 saturated heterocycles. The van der Waals surface area contributed by atoms with Gasteiger partial charge in [-0.05, 0) is 37.6 Å². The molecule has 0 fully saturated rings. The molecule has 98 valence electrons. The largest absolute Gasteiger partial charge is 0.273 e. The van der Waals surface area contributed by atoms with Crippen molar-refractivity contribution in [1.82, 2.24) is 5.43 Å². The molecular formula is C13H17ClN2OS. The predicted molar refractivity (Wildman–Crippen MR) is 78.3 cm³/mol. The van der Waals surface area contributed by atoms with Crippen LogP contribution in [0.2, 0.25) is 5.02 Å². The van der Waals surface area contributed by atoms with Gasteiger partial charge in [0.25, 0.3) is 0 Å². The fourth-order valence-corrected chi connectivity index (χ4v) is 2.06. The van der Waals surface area contributed by atoms with Crippen LogP contribution in [0.3, 0.4) is 0 Å². The summed E-state index contributed by atoms with van der Waals surface area (Å²) in [6.45, 7) is 3.89. The van der Waals surface area contributed by atoms with Crippen LogP contribution in [0.15, 0.2) is 34.3 Å². The van der Waals surface area contributed by atoms with Gasteiger partial charge in [0.15, 0.2) is 0 Å². The summed E-state index contributed by atoms with van der Waals surface area (Å²) in [4.78, 5) is 12.6. The lowest BCUT2D eigenvalue weighted by Gasteiger charge is -2.02. The Balaban J connectivity index is 2.25. The number of thioether (sulfide) groups is 1. The zero-order chi connectivity index (χ0) is 13.4. The smallest absolute Gasteiger partial charge is 0.240 e. The summed E-state index contributed by atoms with van der Waals surface area (Å²) in [6, 6.07) is 7.59. The third kappa shape index (κ3) is 6.07. The second-order valence-corrected chi connectivity index (χ2v) is 5.39. The molecule has 0 saturated carbocycles. The lowest BCUT2D eigenvalue weighted by molar-refractivity contribution is -0.120. The summed E-state index contributed by atoms with van der Waals surface area (Å²) in [5, 5.41) is 4.69. The third-order valence-corrected chi connectivity index (χ3v) is 3.56. The monoisotopic (exact) mass is 284 g/mol. The zero-order valence-electron chi connectivity index (χ0n) is 10.6. The first-order chi connectivity index (χ1) is 8.61. The van der Waals surface area contributed by atoms with Crippen molar-refractivity contribution >= 4 is 35.0 Å². The van der Waals surface area contributed by atoms with Crippen LogP contribution in [0.25, 0.3) is 0 Å². The van der Waals surface area contributed by atoms with E-state index < -0.39 is 0 Å². The molecule has 1 rings (SSSR count). The summed E-state index contributed by atoms with van der Waals surface area (Å²) >= 11 is 7.42. The van der Waals surface area contributed by atoms with Gasteiger partial charge in [-0.1, -0.05) is 18.5 Å². The molecule has 1 N–H and O–H groups in total. The van der Waals surface area contributed by atoms with E-state index >= 15 is 0 Å². The number of hydrazone groups is 1. The number of nitrogens with zero attached hydrogens (tertiary/aromatic N) is 1. The number of carbonyl (C=O) groups excluding carboxylic acids is 1. The summed E-state index contributed by atoms with van der Waals surface area (Å²) in [6.07, 6.45) is 1.30. The van der Waals surface area contributed by atoms with Crippen molar-refractivity contribution in [2.24, 2.45) is 5.10 Å². The molecular weight excluding hydrogens is 268 g/mol. The molecule has 5 heteroatoms. The van der Waals surface area contributed by atoms with Crippen molar-refractivity contribution in [3.8, 4) is 0 Å². The normalized spacial score (nSPS) is 11.4. The van der Waals surface area contributed by atoms with E-state index in [0.717, 1.165) is 27.8 Å². The molecule has 0 heterocycles. The van der Waals surface area contributed by atoms with Crippen molar-refractivity contribution in [2.75, 3.05) is 5.75 Å². The average Bonchev–Trinajstić information content (AvgIpc) is 2.38. The first kappa shape index (κ1) is 15.1. The van der Waals surface area contributed by atoms with Gasteiger partial charge in [-0.25, -0.2) is 5.43 Å². The Hall–Kier alpha value is -1.00. The van der Waals surface area contributed by atoms with E-state index in [1.54, 1.807) is 11.8 Å². The van der Waals surface area contributed by atoms with Gasteiger partial charge in [0.1, 0.15) is 0 Å². The van der Waals surface area contributed by atoms with Crippen LogP contribution < -0.4 is 5.43 Å². The third-order valence-electron chi connectivity index (χ3n) is 2.29. The van der Waals surface area contributed by atoms with Gasteiger partial charge in [-0.3, -0.25) is 4.79 Å². The van der Waals surface area contributed by atoms with Crippen LogP contribution in [-0.2, 0) is 4.79 Å². The van der Waals surface area contributed by atoms with Crippen LogP contribution in [0.5, 0.6) is 0 Å². The van der Waals surface area contributed by atoms with Gasteiger partial charge in [-0.2, -0.15) is 5.10 Å². The zero-order valence-corrected chi connectivity index (χ0v) is 12.1. The molecule has 0 bridgehead atoms. The van der Waals surface area contributed by atoms with Gasteiger partial charge in [-0.15, -0.1) is 11.8 Å². The highest BCUT2D eigenvalue weighted by atomic mass is 35.5. The van der Waals surface area contributed by atoms with Crippen molar-refractivity contribution < 1.29 is 4.79 Å². The summed E-state index contributed by atoms with van der Waals surface area (Å²) in [5.41, 5.74) is 3.47. The van der Waals surface area contributed by atoms with E-state index in [0.29, 0.717) is 6.42 Å². The maximum absolute atomic E-state index is 11.5. The summed E-state index contributed by atoms with van der Waals surface area (Å²) in [7, 11) is 0. The molecule has 3 nitrogen and oxygen atoms in total. The molecule has 1 aromatic carbocycles. The van der Waals surface area contributed by atoms with Gasteiger partial charge in [0, 0.05) is 27.8 Å². The second kappa shape index (κ2) is 8.16. The SMILES string of the molecule is CC/C(C)=N\NC(=O)CCSc1ccc(Cl)cc1. The van der Waals surface area contributed by atoms with E-state index in [1.165, 1.54) is 0 Å². The van der Waals surface area contributed by atoms with Gasteiger partial charge < -0.3 is 0 Å². The van der Waals surface area contributed by atoms with Crippen molar-refractivity contribution in [1.29, 1.82) is 0 Å². The fourth-order valence-electron chi connectivity index (χ4n) is 1.09. The lowest BCUT2D eigenvalue weighted by Crippen LogP contribution is -2.19. The van der Waals surface area contributed by atoms with Gasteiger partial charge in [0.2, 0.25) is 5.91 Å². The maximum Gasteiger partial charge on any atom is 0.240 e. The highest BCUT2D eigenvalue weighted by Gasteiger charge is 2.01. The lowest BCUT2D eigenvalue weighted by atomic mass is 10.3. The quantitative estimate of drug-likeness (QED) is 0.491. The number of hydrogen-bond donors (Lipinski definition) is 1. The number of benzene rings is 1. The van der Waals surface area contributed by atoms with Crippen molar-refractivity contribution in [3.05, 3.63) is 29.3 Å². The molecule has 0 atom stereocenters. The molecule has 0 spiro atoms. The van der Waals surface area contributed by atoms with Crippen LogP contribution >= 0.6 is 23.4 Å². The van der Waals surface area contributed by atoms with Crippen LogP contribution in [0.1, 0.15) is 26.7 Å². The van der Waals surface area contributed by atoms with Crippen molar-refractivity contribution in [2.45, 2.75) is 31.6 Å². The van der Waals surface area contributed by atoms with Crippen LogP contribution in [0.4, 0.5) is 0 Å². The molecule has 0 aliphatic carbocycles. The maximum atomic E-state index is 11.5. The standard InChI is InChI=1S/C13H17ClN2OS/c1-3-10(2)15-16-13(17)8-9-18-12-6-4-11(14)5-7-12/h4-7H,3,8-9H2,1-2H3,(H,16,17)/b15-10-. The Kier molecular flexibility index (Phi) is 6.83. The molecule has 0 aliphatic rings. The van der Waals surface area contributed by atoms with Crippen LogP contribution in [0, 0.1) is 0 Å². The second-order valence-electron chi connectivity index (χ2n) is 3.79. The molecule has 18 heavy (non-hydrogen) atoms. The average molecular weight is 285 g/mol. The molecule has 1 amide bonds. The number of rotatable bonds is 6. The van der Waals surface area contributed by atoms with E-state index in [-0.39, 0.29) is 5.91 Å². The first-order valence-electron chi connectivity index (χ1n) is 5.82. The predicted octanol–water partition coefficient (Wildman–Crippen LogP) is 3.72. The van der Waals surface area contributed by atoms with E-state index in [1.807, 2.05) is 38.1 Å². The summed E-state index contributed by atoms with van der Waals surface area (Å²) in [5.74, 6) is 0.679. The van der Waals surface area contributed by atoms with Gasteiger partial charge in [0.05, 0.1) is 0 Å². The fraction of sp³-hybridized carbons (Fsp3) is 0.385. The Bertz CT molecular complexity index is 418. The number of hydrogen-bond acceptors (Lipinski definition) is 3. The topological polar surface area (TPSA) is 41.5 Å². The molecule has 0 aromatic heterocycles. The number of carbonyl (C=O) groups is 1. The Labute approximate surface area is 117 Å². The van der Waals surface area contributed by atoms with Gasteiger partial charge >= 0.3 is 0 Å². The molecule has 1 aromatic rings. The molecule has 0 radical (unpaired) electrons. The Morgan fingerprint density at radius 3 is 2.67 bits per heavy atom. The summed E-state index contributed by atoms with van der Waals surface area (Å²) < 4.78 is 0. The highest BCUT2D eigenvalue weighted by molar-refractivity contribution is 7.99. The molecule has 0 aliphatic heterocycles. The highest BCUT2D eigenvalue weighted by Crippen LogP contribution is 2.20. The van der Waals surface area contributed by atoms with E-state index in [4.69, 9.17) is 11.6 Å². The molecule has 0 unspecified atom stereocenters.